The van der Waals surface area contributed by atoms with Gasteiger partial charge in [-0.2, -0.15) is 0 Å². The van der Waals surface area contributed by atoms with Crippen molar-refractivity contribution in [2.24, 2.45) is 11.7 Å². The molecule has 94 valence electrons. The van der Waals surface area contributed by atoms with Gasteiger partial charge >= 0.3 is 0 Å². The summed E-state index contributed by atoms with van der Waals surface area (Å²) in [6, 6.07) is 5.64. The summed E-state index contributed by atoms with van der Waals surface area (Å²) < 4.78 is 16.1. The number of methoxy groups -OCH3 is 1. The lowest BCUT2D eigenvalue weighted by Crippen LogP contribution is -2.06. The fourth-order valence-electron chi connectivity index (χ4n) is 1.56. The Morgan fingerprint density at radius 2 is 2.00 bits per heavy atom. The summed E-state index contributed by atoms with van der Waals surface area (Å²) in [6.07, 6.45) is 2.58. The fraction of sp³-hybridized carbons (Fsp3) is 0.538. The molecular weight excluding hydrogens is 218 g/mol. The van der Waals surface area contributed by atoms with E-state index in [0.29, 0.717) is 6.54 Å². The Kier molecular flexibility index (Phi) is 4.23. The summed E-state index contributed by atoms with van der Waals surface area (Å²) >= 11 is 0. The Labute approximate surface area is 102 Å². The largest absolute Gasteiger partial charge is 0.497 e. The van der Waals surface area contributed by atoms with Crippen molar-refractivity contribution in [1.82, 2.24) is 0 Å². The molecule has 0 aromatic heterocycles. The van der Waals surface area contributed by atoms with E-state index >= 15 is 0 Å². The fourth-order valence-corrected chi connectivity index (χ4v) is 1.56. The third-order valence-corrected chi connectivity index (χ3v) is 2.77. The molecule has 1 fully saturated rings. The van der Waals surface area contributed by atoms with Crippen molar-refractivity contribution in [2.75, 3.05) is 20.5 Å². The first-order valence-electron chi connectivity index (χ1n) is 5.90. The number of hydrogen-bond donors (Lipinski definition) is 1. The molecule has 4 nitrogen and oxygen atoms in total. The third-order valence-electron chi connectivity index (χ3n) is 2.77. The minimum Gasteiger partial charge on any atom is -0.497 e. The molecule has 0 heterocycles. The van der Waals surface area contributed by atoms with Crippen LogP contribution in [0, 0.1) is 5.92 Å². The first kappa shape index (κ1) is 12.2. The minimum atomic E-state index is 0.285. The third kappa shape index (κ3) is 3.91. The molecule has 4 heteroatoms. The molecule has 1 aliphatic carbocycles. The lowest BCUT2D eigenvalue weighted by molar-refractivity contribution is 0.00985. The van der Waals surface area contributed by atoms with Crippen molar-refractivity contribution in [3.05, 3.63) is 23.8 Å². The zero-order chi connectivity index (χ0) is 12.1. The average molecular weight is 237 g/mol. The normalized spacial score (nSPS) is 14.7. The van der Waals surface area contributed by atoms with E-state index in [-0.39, 0.29) is 6.79 Å². The van der Waals surface area contributed by atoms with Gasteiger partial charge in [0, 0.05) is 12.6 Å². The van der Waals surface area contributed by atoms with Crippen LogP contribution in [0.3, 0.4) is 0 Å². The Morgan fingerprint density at radius 1 is 1.24 bits per heavy atom. The summed E-state index contributed by atoms with van der Waals surface area (Å²) in [5.41, 5.74) is 6.59. The van der Waals surface area contributed by atoms with E-state index in [1.807, 2.05) is 18.2 Å². The molecular formula is C13H19NO3. The predicted octanol–water partition coefficient (Wildman–Crippen LogP) is 1.92. The van der Waals surface area contributed by atoms with Crippen LogP contribution in [0.5, 0.6) is 11.5 Å². The molecule has 0 bridgehead atoms. The highest BCUT2D eigenvalue weighted by Gasteiger charge is 2.21. The number of rotatable bonds is 7. The quantitative estimate of drug-likeness (QED) is 0.581. The standard InChI is InChI=1S/C13H19NO3/c1-15-12-4-11(7-14)5-13(6-12)17-9-16-8-10-2-3-10/h4-6,10H,2-3,7-9,14H2,1H3. The molecule has 0 aliphatic heterocycles. The van der Waals surface area contributed by atoms with Gasteiger partial charge < -0.3 is 19.9 Å². The molecule has 0 saturated heterocycles. The van der Waals surface area contributed by atoms with Crippen LogP contribution in [0.2, 0.25) is 0 Å². The van der Waals surface area contributed by atoms with Gasteiger partial charge in [0.15, 0.2) is 6.79 Å². The van der Waals surface area contributed by atoms with E-state index < -0.39 is 0 Å². The van der Waals surface area contributed by atoms with Crippen LogP contribution >= 0.6 is 0 Å². The molecule has 0 radical (unpaired) electrons. The summed E-state index contributed by atoms with van der Waals surface area (Å²) in [5, 5.41) is 0. The van der Waals surface area contributed by atoms with E-state index in [0.717, 1.165) is 29.6 Å². The maximum atomic E-state index is 5.60. The molecule has 0 spiro atoms. The zero-order valence-corrected chi connectivity index (χ0v) is 10.1. The van der Waals surface area contributed by atoms with Crippen LogP contribution in [0.4, 0.5) is 0 Å². The molecule has 1 aromatic carbocycles. The van der Waals surface area contributed by atoms with Crippen LogP contribution < -0.4 is 15.2 Å². The van der Waals surface area contributed by atoms with E-state index in [9.17, 15) is 0 Å². The monoisotopic (exact) mass is 237 g/mol. The van der Waals surface area contributed by atoms with Gasteiger partial charge in [-0.25, -0.2) is 0 Å². The second kappa shape index (κ2) is 5.89. The number of ether oxygens (including phenoxy) is 3. The highest BCUT2D eigenvalue weighted by Crippen LogP contribution is 2.29. The molecule has 1 saturated carbocycles. The van der Waals surface area contributed by atoms with Gasteiger partial charge in [0.25, 0.3) is 0 Å². The van der Waals surface area contributed by atoms with E-state index in [4.69, 9.17) is 19.9 Å². The Bertz CT molecular complexity index is 341. The van der Waals surface area contributed by atoms with E-state index in [1.165, 1.54) is 12.8 Å². The molecule has 1 aromatic rings. The maximum Gasteiger partial charge on any atom is 0.189 e. The molecule has 2 rings (SSSR count). The summed E-state index contributed by atoms with van der Waals surface area (Å²) in [5.74, 6) is 2.24. The summed E-state index contributed by atoms with van der Waals surface area (Å²) in [4.78, 5) is 0. The summed E-state index contributed by atoms with van der Waals surface area (Å²) in [6.45, 7) is 1.55. The molecule has 0 amide bonds. The van der Waals surface area contributed by atoms with Gasteiger partial charge in [-0.1, -0.05) is 0 Å². The SMILES string of the molecule is COc1cc(CN)cc(OCOCC2CC2)c1. The number of benzene rings is 1. The molecule has 2 N–H and O–H groups in total. The maximum absolute atomic E-state index is 5.60. The number of nitrogens with two attached hydrogens (primary N) is 1. The van der Waals surface area contributed by atoms with Gasteiger partial charge in [0.1, 0.15) is 11.5 Å². The Balaban J connectivity index is 1.84. The van der Waals surface area contributed by atoms with Gasteiger partial charge in [-0.05, 0) is 36.5 Å². The topological polar surface area (TPSA) is 53.7 Å². The first-order valence-corrected chi connectivity index (χ1v) is 5.90. The average Bonchev–Trinajstić information content (AvgIpc) is 3.18. The number of hydrogen-bond acceptors (Lipinski definition) is 4. The second-order valence-electron chi connectivity index (χ2n) is 4.30. The predicted molar refractivity (Wildman–Crippen MR) is 65.1 cm³/mol. The molecule has 0 atom stereocenters. The van der Waals surface area contributed by atoms with Crippen LogP contribution in [-0.4, -0.2) is 20.5 Å². The smallest absolute Gasteiger partial charge is 0.189 e. The zero-order valence-electron chi connectivity index (χ0n) is 10.1. The van der Waals surface area contributed by atoms with Crippen LogP contribution in [0.1, 0.15) is 18.4 Å². The van der Waals surface area contributed by atoms with Crippen molar-refractivity contribution in [2.45, 2.75) is 19.4 Å². The van der Waals surface area contributed by atoms with Crippen molar-refractivity contribution >= 4 is 0 Å². The van der Waals surface area contributed by atoms with Gasteiger partial charge in [-0.15, -0.1) is 0 Å². The highest BCUT2D eigenvalue weighted by atomic mass is 16.7. The van der Waals surface area contributed by atoms with E-state index in [1.54, 1.807) is 7.11 Å². The second-order valence-corrected chi connectivity index (χ2v) is 4.30. The summed E-state index contributed by atoms with van der Waals surface area (Å²) in [7, 11) is 1.63. The highest BCUT2D eigenvalue weighted by molar-refractivity contribution is 5.38. The van der Waals surface area contributed by atoms with E-state index in [2.05, 4.69) is 0 Å². The van der Waals surface area contributed by atoms with Crippen molar-refractivity contribution in [1.29, 1.82) is 0 Å². The lowest BCUT2D eigenvalue weighted by atomic mass is 10.2. The van der Waals surface area contributed by atoms with Crippen LogP contribution in [-0.2, 0) is 11.3 Å². The Morgan fingerprint density at radius 3 is 2.65 bits per heavy atom. The lowest BCUT2D eigenvalue weighted by Gasteiger charge is -2.10. The van der Waals surface area contributed by atoms with Gasteiger partial charge in [0.05, 0.1) is 13.7 Å². The van der Waals surface area contributed by atoms with Gasteiger partial charge in [0.2, 0.25) is 0 Å². The first-order chi connectivity index (χ1) is 8.31. The Hall–Kier alpha value is -1.26. The molecule has 0 unspecified atom stereocenters. The van der Waals surface area contributed by atoms with Gasteiger partial charge in [-0.3, -0.25) is 0 Å². The van der Waals surface area contributed by atoms with Crippen LogP contribution in [0.25, 0.3) is 0 Å². The van der Waals surface area contributed by atoms with Crippen molar-refractivity contribution in [3.8, 4) is 11.5 Å². The molecule has 1 aliphatic rings. The molecule has 17 heavy (non-hydrogen) atoms. The van der Waals surface area contributed by atoms with Crippen LogP contribution in [0.15, 0.2) is 18.2 Å². The van der Waals surface area contributed by atoms with Crippen molar-refractivity contribution in [3.63, 3.8) is 0 Å². The minimum absolute atomic E-state index is 0.285. The van der Waals surface area contributed by atoms with Crippen molar-refractivity contribution < 1.29 is 14.2 Å².